The zero-order valence-corrected chi connectivity index (χ0v) is 11.4. The number of rotatable bonds is 5. The summed E-state index contributed by atoms with van der Waals surface area (Å²) in [6, 6.07) is 4.58. The molecule has 1 fully saturated rings. The van der Waals surface area contributed by atoms with Crippen molar-refractivity contribution in [3.63, 3.8) is 0 Å². The quantitative estimate of drug-likeness (QED) is 0.446. The highest BCUT2D eigenvalue weighted by Gasteiger charge is 2.19. The third-order valence-corrected chi connectivity index (χ3v) is 4.10. The van der Waals surface area contributed by atoms with Gasteiger partial charge in [0.15, 0.2) is 0 Å². The number of non-ortho nitro benzene ring substituents is 1. The first-order valence-electron chi connectivity index (χ1n) is 5.93. The summed E-state index contributed by atoms with van der Waals surface area (Å²) in [6.07, 6.45) is 0. The SMILES string of the molecule is O=[N+]([O-])c1ccc(S(=O)(=O)OCN2CCOCC2)cc1. The van der Waals surface area contributed by atoms with Crippen molar-refractivity contribution in [2.75, 3.05) is 33.0 Å². The Bertz CT molecular complexity index is 565. The summed E-state index contributed by atoms with van der Waals surface area (Å²) in [5, 5.41) is 10.5. The number of nitrogens with zero attached hydrogens (tertiary/aromatic N) is 2. The molecule has 1 aliphatic rings. The Kier molecular flexibility index (Phi) is 4.65. The second-order valence-electron chi connectivity index (χ2n) is 4.18. The third-order valence-electron chi connectivity index (χ3n) is 2.83. The minimum atomic E-state index is -3.91. The van der Waals surface area contributed by atoms with Crippen LogP contribution in [-0.2, 0) is 19.0 Å². The van der Waals surface area contributed by atoms with E-state index in [0.717, 1.165) is 24.3 Å². The van der Waals surface area contributed by atoms with Gasteiger partial charge in [0.25, 0.3) is 15.8 Å². The van der Waals surface area contributed by atoms with Gasteiger partial charge in [-0.3, -0.25) is 19.2 Å². The van der Waals surface area contributed by atoms with Crippen LogP contribution in [0.25, 0.3) is 0 Å². The number of ether oxygens (including phenoxy) is 1. The summed E-state index contributed by atoms with van der Waals surface area (Å²) in [5.74, 6) is 0. The van der Waals surface area contributed by atoms with Gasteiger partial charge >= 0.3 is 0 Å². The lowest BCUT2D eigenvalue weighted by Crippen LogP contribution is -2.38. The van der Waals surface area contributed by atoms with E-state index in [-0.39, 0.29) is 17.3 Å². The highest BCUT2D eigenvalue weighted by Crippen LogP contribution is 2.17. The van der Waals surface area contributed by atoms with Crippen LogP contribution in [0.5, 0.6) is 0 Å². The molecule has 0 aromatic heterocycles. The van der Waals surface area contributed by atoms with Crippen molar-refractivity contribution in [3.05, 3.63) is 34.4 Å². The van der Waals surface area contributed by atoms with E-state index >= 15 is 0 Å². The minimum absolute atomic E-state index is 0.0529. The van der Waals surface area contributed by atoms with Gasteiger partial charge in [-0.2, -0.15) is 8.42 Å². The number of hydrogen-bond donors (Lipinski definition) is 0. The lowest BCUT2D eigenvalue weighted by molar-refractivity contribution is -0.384. The van der Waals surface area contributed by atoms with Crippen LogP contribution in [0.1, 0.15) is 0 Å². The van der Waals surface area contributed by atoms with E-state index in [1.807, 2.05) is 4.90 Å². The van der Waals surface area contributed by atoms with Gasteiger partial charge in [-0.15, -0.1) is 0 Å². The zero-order valence-electron chi connectivity index (χ0n) is 10.6. The number of nitro benzene ring substituents is 1. The highest BCUT2D eigenvalue weighted by atomic mass is 32.2. The van der Waals surface area contributed by atoms with E-state index in [9.17, 15) is 18.5 Å². The van der Waals surface area contributed by atoms with Gasteiger partial charge in [0.05, 0.1) is 23.0 Å². The van der Waals surface area contributed by atoms with E-state index in [4.69, 9.17) is 8.92 Å². The van der Waals surface area contributed by atoms with Crippen molar-refractivity contribution < 1.29 is 22.3 Å². The van der Waals surface area contributed by atoms with E-state index in [1.165, 1.54) is 0 Å². The van der Waals surface area contributed by atoms with Crippen LogP contribution in [-0.4, -0.2) is 51.3 Å². The van der Waals surface area contributed by atoms with Crippen molar-refractivity contribution in [2.45, 2.75) is 4.90 Å². The maximum absolute atomic E-state index is 11.9. The van der Waals surface area contributed by atoms with Gasteiger partial charge < -0.3 is 4.74 Å². The molecular formula is C11H14N2O6S. The molecule has 0 radical (unpaired) electrons. The molecule has 1 aromatic rings. The molecule has 20 heavy (non-hydrogen) atoms. The monoisotopic (exact) mass is 302 g/mol. The smallest absolute Gasteiger partial charge is 0.298 e. The van der Waals surface area contributed by atoms with Crippen LogP contribution >= 0.6 is 0 Å². The first-order chi connectivity index (χ1) is 9.49. The van der Waals surface area contributed by atoms with Gasteiger partial charge in [-0.05, 0) is 12.1 Å². The topological polar surface area (TPSA) is 99.0 Å². The Morgan fingerprint density at radius 3 is 2.40 bits per heavy atom. The van der Waals surface area contributed by atoms with E-state index in [2.05, 4.69) is 0 Å². The van der Waals surface area contributed by atoms with Gasteiger partial charge in [-0.1, -0.05) is 0 Å². The van der Waals surface area contributed by atoms with E-state index in [0.29, 0.717) is 26.3 Å². The summed E-state index contributed by atoms with van der Waals surface area (Å²) in [6.45, 7) is 2.25. The molecule has 0 N–H and O–H groups in total. The largest absolute Gasteiger partial charge is 0.379 e. The summed E-state index contributed by atoms with van der Waals surface area (Å²) >= 11 is 0. The first kappa shape index (κ1) is 14.9. The molecule has 0 bridgehead atoms. The van der Waals surface area contributed by atoms with Crippen LogP contribution in [0, 0.1) is 10.1 Å². The van der Waals surface area contributed by atoms with Crippen molar-refractivity contribution >= 4 is 15.8 Å². The van der Waals surface area contributed by atoms with Crippen LogP contribution < -0.4 is 0 Å². The fraction of sp³-hybridized carbons (Fsp3) is 0.455. The molecular weight excluding hydrogens is 288 g/mol. The summed E-state index contributed by atoms with van der Waals surface area (Å²) in [7, 11) is -3.91. The zero-order chi connectivity index (χ0) is 14.6. The molecule has 0 spiro atoms. The molecule has 1 saturated heterocycles. The lowest BCUT2D eigenvalue weighted by atomic mass is 10.3. The number of morpholine rings is 1. The van der Waals surface area contributed by atoms with Crippen molar-refractivity contribution in [1.29, 1.82) is 0 Å². The molecule has 0 atom stereocenters. The van der Waals surface area contributed by atoms with Crippen LogP contribution in [0.4, 0.5) is 5.69 Å². The molecule has 0 unspecified atom stereocenters. The van der Waals surface area contributed by atoms with Gasteiger partial charge in [0.2, 0.25) is 0 Å². The van der Waals surface area contributed by atoms with E-state index in [1.54, 1.807) is 0 Å². The minimum Gasteiger partial charge on any atom is -0.379 e. The summed E-state index contributed by atoms with van der Waals surface area (Å²) in [5.41, 5.74) is -0.169. The molecule has 0 saturated carbocycles. The van der Waals surface area contributed by atoms with E-state index < -0.39 is 15.0 Å². The molecule has 9 heteroatoms. The molecule has 1 aliphatic heterocycles. The molecule has 1 aromatic carbocycles. The Morgan fingerprint density at radius 1 is 1.25 bits per heavy atom. The summed E-state index contributed by atoms with van der Waals surface area (Å²) < 4.78 is 33.9. The summed E-state index contributed by atoms with van der Waals surface area (Å²) in [4.78, 5) is 11.6. The number of hydrogen-bond acceptors (Lipinski definition) is 7. The molecule has 8 nitrogen and oxygen atoms in total. The van der Waals surface area contributed by atoms with Crippen LogP contribution in [0.15, 0.2) is 29.2 Å². The van der Waals surface area contributed by atoms with Crippen LogP contribution in [0.2, 0.25) is 0 Å². The Labute approximate surface area is 116 Å². The third kappa shape index (κ3) is 3.73. The Hall–Kier alpha value is -1.55. The standard InChI is InChI=1S/C11H14N2O6S/c14-13(15)10-1-3-11(4-2-10)20(16,17)19-9-12-5-7-18-8-6-12/h1-4H,5-9H2. The van der Waals surface area contributed by atoms with Crippen molar-refractivity contribution in [2.24, 2.45) is 0 Å². The average Bonchev–Trinajstić information content (AvgIpc) is 2.46. The second kappa shape index (κ2) is 6.27. The fourth-order valence-electron chi connectivity index (χ4n) is 1.68. The Balaban J connectivity index is 2.00. The molecule has 2 rings (SSSR count). The molecule has 110 valence electrons. The maximum atomic E-state index is 11.9. The predicted molar refractivity (Wildman–Crippen MR) is 68.6 cm³/mol. The highest BCUT2D eigenvalue weighted by molar-refractivity contribution is 7.86. The molecule has 0 amide bonds. The van der Waals surface area contributed by atoms with Crippen LogP contribution in [0.3, 0.4) is 0 Å². The van der Waals surface area contributed by atoms with Crippen molar-refractivity contribution in [1.82, 2.24) is 4.90 Å². The van der Waals surface area contributed by atoms with Gasteiger partial charge in [-0.25, -0.2) is 0 Å². The van der Waals surface area contributed by atoms with Gasteiger partial charge in [0.1, 0.15) is 6.73 Å². The maximum Gasteiger partial charge on any atom is 0.298 e. The Morgan fingerprint density at radius 2 is 1.85 bits per heavy atom. The molecule has 0 aliphatic carbocycles. The number of benzene rings is 1. The second-order valence-corrected chi connectivity index (χ2v) is 5.80. The average molecular weight is 302 g/mol. The predicted octanol–water partition coefficient (Wildman–Crippen LogP) is 0.590. The number of nitro groups is 1. The van der Waals surface area contributed by atoms with Crippen molar-refractivity contribution in [3.8, 4) is 0 Å². The lowest BCUT2D eigenvalue weighted by Gasteiger charge is -2.25. The normalized spacial score (nSPS) is 17.0. The fourth-order valence-corrected chi connectivity index (χ4v) is 2.57. The molecule has 1 heterocycles. The first-order valence-corrected chi connectivity index (χ1v) is 7.34. The van der Waals surface area contributed by atoms with Gasteiger partial charge in [0, 0.05) is 25.2 Å².